The van der Waals surface area contributed by atoms with Crippen LogP contribution < -0.4 is 15.1 Å². The summed E-state index contributed by atoms with van der Waals surface area (Å²) in [6.07, 6.45) is -4.46. The van der Waals surface area contributed by atoms with Crippen LogP contribution in [0, 0.1) is 0 Å². The molecule has 10 heteroatoms. The first-order chi connectivity index (χ1) is 16.4. The molecule has 178 valence electrons. The van der Waals surface area contributed by atoms with Crippen LogP contribution in [-0.2, 0) is 17.5 Å². The fourth-order valence-electron chi connectivity index (χ4n) is 4.32. The Labute approximate surface area is 200 Å². The first-order valence-electron chi connectivity index (χ1n) is 11.0. The molecule has 0 radical (unpaired) electrons. The average Bonchev–Trinajstić information content (AvgIpc) is 2.84. The molecule has 6 nitrogen and oxygen atoms in total. The van der Waals surface area contributed by atoms with Crippen LogP contribution in [0.25, 0.3) is 11.3 Å². The molecular formula is C24H23ClF3N5O. The van der Waals surface area contributed by atoms with Crippen LogP contribution in [0.3, 0.4) is 0 Å². The van der Waals surface area contributed by atoms with Gasteiger partial charge in [0.1, 0.15) is 0 Å². The van der Waals surface area contributed by atoms with E-state index in [4.69, 9.17) is 16.3 Å². The van der Waals surface area contributed by atoms with Gasteiger partial charge in [-0.05, 0) is 42.0 Å². The van der Waals surface area contributed by atoms with Gasteiger partial charge in [-0.3, -0.25) is 0 Å². The SMILES string of the molecule is FC(F)(F)c1ccc(Cl)cc1CN1CCNc2nnc(-c3ccc(N4CCOCC4)cc3)cc21. The number of fused-ring (bicyclic) bond motifs is 1. The van der Waals surface area contributed by atoms with E-state index in [2.05, 4.69) is 20.4 Å². The highest BCUT2D eigenvalue weighted by atomic mass is 35.5. The van der Waals surface area contributed by atoms with Crippen LogP contribution in [0.4, 0.5) is 30.4 Å². The second kappa shape index (κ2) is 9.31. The van der Waals surface area contributed by atoms with Crippen molar-refractivity contribution in [3.8, 4) is 11.3 Å². The minimum absolute atomic E-state index is 0.0607. The van der Waals surface area contributed by atoms with Gasteiger partial charge in [-0.15, -0.1) is 10.2 Å². The third kappa shape index (κ3) is 4.76. The number of aromatic nitrogens is 2. The van der Waals surface area contributed by atoms with Gasteiger partial charge in [0, 0.05) is 49.0 Å². The first-order valence-corrected chi connectivity index (χ1v) is 11.4. The molecule has 0 atom stereocenters. The fourth-order valence-corrected chi connectivity index (χ4v) is 4.52. The maximum Gasteiger partial charge on any atom is 0.416 e. The van der Waals surface area contributed by atoms with Crippen LogP contribution in [0.5, 0.6) is 0 Å². The lowest BCUT2D eigenvalue weighted by atomic mass is 10.1. The summed E-state index contributed by atoms with van der Waals surface area (Å²) in [5.74, 6) is 0.551. The van der Waals surface area contributed by atoms with E-state index in [-0.39, 0.29) is 17.1 Å². The predicted octanol–water partition coefficient (Wildman–Crippen LogP) is 5.08. The third-order valence-electron chi connectivity index (χ3n) is 6.06. The molecule has 0 aliphatic carbocycles. The average molecular weight is 490 g/mol. The first kappa shape index (κ1) is 22.7. The summed E-state index contributed by atoms with van der Waals surface area (Å²) in [5, 5.41) is 12.1. The summed E-state index contributed by atoms with van der Waals surface area (Å²) in [4.78, 5) is 4.15. The smallest absolute Gasteiger partial charge is 0.378 e. The molecule has 0 saturated carbocycles. The number of halogens is 4. The van der Waals surface area contributed by atoms with E-state index in [0.29, 0.717) is 43.5 Å². The molecule has 1 N–H and O–H groups in total. The van der Waals surface area contributed by atoms with E-state index in [1.165, 1.54) is 12.1 Å². The number of hydrogen-bond acceptors (Lipinski definition) is 6. The minimum Gasteiger partial charge on any atom is -0.378 e. The second-order valence-corrected chi connectivity index (χ2v) is 8.69. The van der Waals surface area contributed by atoms with E-state index < -0.39 is 11.7 Å². The molecule has 2 aromatic carbocycles. The van der Waals surface area contributed by atoms with Crippen molar-refractivity contribution in [2.75, 3.05) is 54.5 Å². The molecule has 3 heterocycles. The normalized spacial score (nSPS) is 16.2. The summed E-state index contributed by atoms with van der Waals surface area (Å²) >= 11 is 6.03. The maximum atomic E-state index is 13.6. The molecule has 3 aromatic rings. The molecule has 0 spiro atoms. The number of morpholine rings is 1. The Hall–Kier alpha value is -3.04. The number of alkyl halides is 3. The molecule has 0 bridgehead atoms. The van der Waals surface area contributed by atoms with Crippen molar-refractivity contribution in [2.45, 2.75) is 12.7 Å². The highest BCUT2D eigenvalue weighted by Crippen LogP contribution is 2.37. The van der Waals surface area contributed by atoms with Gasteiger partial charge in [0.05, 0.1) is 30.2 Å². The Morgan fingerprint density at radius 1 is 0.971 bits per heavy atom. The van der Waals surface area contributed by atoms with E-state index in [9.17, 15) is 13.2 Å². The Morgan fingerprint density at radius 3 is 2.47 bits per heavy atom. The highest BCUT2D eigenvalue weighted by Gasteiger charge is 2.34. The van der Waals surface area contributed by atoms with E-state index in [1.54, 1.807) is 0 Å². The summed E-state index contributed by atoms with van der Waals surface area (Å²) in [6.45, 7) is 4.26. The number of anilines is 3. The lowest BCUT2D eigenvalue weighted by molar-refractivity contribution is -0.138. The van der Waals surface area contributed by atoms with Crippen molar-refractivity contribution in [1.82, 2.24) is 10.2 Å². The largest absolute Gasteiger partial charge is 0.416 e. The predicted molar refractivity (Wildman–Crippen MR) is 126 cm³/mol. The Bertz CT molecular complexity index is 1170. The molecule has 1 saturated heterocycles. The molecule has 0 unspecified atom stereocenters. The molecular weight excluding hydrogens is 467 g/mol. The molecule has 5 rings (SSSR count). The third-order valence-corrected chi connectivity index (χ3v) is 6.30. The second-order valence-electron chi connectivity index (χ2n) is 8.26. The zero-order chi connectivity index (χ0) is 23.7. The number of benzene rings is 2. The molecule has 0 amide bonds. The summed E-state index contributed by atoms with van der Waals surface area (Å²) < 4.78 is 46.1. The van der Waals surface area contributed by atoms with Gasteiger partial charge < -0.3 is 19.9 Å². The van der Waals surface area contributed by atoms with Crippen molar-refractivity contribution in [1.29, 1.82) is 0 Å². The van der Waals surface area contributed by atoms with Gasteiger partial charge in [0.15, 0.2) is 5.82 Å². The van der Waals surface area contributed by atoms with Gasteiger partial charge >= 0.3 is 6.18 Å². The highest BCUT2D eigenvalue weighted by molar-refractivity contribution is 6.30. The Morgan fingerprint density at radius 2 is 1.74 bits per heavy atom. The lowest BCUT2D eigenvalue weighted by Crippen LogP contribution is -2.36. The summed E-state index contributed by atoms with van der Waals surface area (Å²) in [6, 6.07) is 13.6. The molecule has 1 aromatic heterocycles. The summed E-state index contributed by atoms with van der Waals surface area (Å²) in [5.41, 5.74) is 2.81. The topological polar surface area (TPSA) is 53.5 Å². The van der Waals surface area contributed by atoms with Gasteiger partial charge in [0.2, 0.25) is 0 Å². The van der Waals surface area contributed by atoms with Gasteiger partial charge in [-0.2, -0.15) is 13.2 Å². The van der Waals surface area contributed by atoms with Crippen LogP contribution in [-0.4, -0.2) is 49.6 Å². The van der Waals surface area contributed by atoms with Crippen molar-refractivity contribution in [3.05, 3.63) is 64.7 Å². The lowest BCUT2D eigenvalue weighted by Gasteiger charge is -2.32. The van der Waals surface area contributed by atoms with E-state index in [1.807, 2.05) is 35.2 Å². The van der Waals surface area contributed by atoms with Gasteiger partial charge in [-0.1, -0.05) is 23.7 Å². The van der Waals surface area contributed by atoms with Crippen molar-refractivity contribution in [3.63, 3.8) is 0 Å². The molecule has 1 fully saturated rings. The molecule has 2 aliphatic heterocycles. The standard InChI is InChI=1S/C24H23ClF3N5O/c25-18-3-6-20(24(26,27)28)17(13-18)15-33-8-7-29-23-22(33)14-21(30-31-23)16-1-4-19(5-2-16)32-9-11-34-12-10-32/h1-6,13-14H,7-12,15H2,(H,29,31). The maximum absolute atomic E-state index is 13.6. The number of nitrogens with one attached hydrogen (secondary N) is 1. The van der Waals surface area contributed by atoms with Crippen LogP contribution in [0.2, 0.25) is 5.02 Å². The minimum atomic E-state index is -4.46. The Kier molecular flexibility index (Phi) is 6.22. The van der Waals surface area contributed by atoms with Crippen molar-refractivity contribution in [2.24, 2.45) is 0 Å². The van der Waals surface area contributed by atoms with E-state index >= 15 is 0 Å². The van der Waals surface area contributed by atoms with E-state index in [0.717, 1.165) is 30.4 Å². The zero-order valence-electron chi connectivity index (χ0n) is 18.3. The fraction of sp³-hybridized carbons (Fsp3) is 0.333. The number of ether oxygens (including phenoxy) is 1. The van der Waals surface area contributed by atoms with Gasteiger partial charge in [0.25, 0.3) is 0 Å². The van der Waals surface area contributed by atoms with Crippen molar-refractivity contribution >= 4 is 28.8 Å². The van der Waals surface area contributed by atoms with Crippen LogP contribution in [0.15, 0.2) is 48.5 Å². The number of rotatable bonds is 4. The zero-order valence-corrected chi connectivity index (χ0v) is 19.0. The molecule has 2 aliphatic rings. The van der Waals surface area contributed by atoms with Gasteiger partial charge in [-0.25, -0.2) is 0 Å². The van der Waals surface area contributed by atoms with Crippen LogP contribution in [0.1, 0.15) is 11.1 Å². The van der Waals surface area contributed by atoms with Crippen molar-refractivity contribution < 1.29 is 17.9 Å². The quantitative estimate of drug-likeness (QED) is 0.551. The number of nitrogens with zero attached hydrogens (tertiary/aromatic N) is 4. The summed E-state index contributed by atoms with van der Waals surface area (Å²) in [7, 11) is 0. The Balaban J connectivity index is 1.43. The monoisotopic (exact) mass is 489 g/mol. The van der Waals surface area contributed by atoms with Crippen LogP contribution >= 0.6 is 11.6 Å². The number of hydrogen-bond donors (Lipinski definition) is 1. The molecule has 34 heavy (non-hydrogen) atoms.